The van der Waals surface area contributed by atoms with Crippen molar-refractivity contribution >= 4 is 34.0 Å². The van der Waals surface area contributed by atoms with Gasteiger partial charge in [0.15, 0.2) is 0 Å². The van der Waals surface area contributed by atoms with Crippen molar-refractivity contribution in [1.29, 1.82) is 0 Å². The van der Waals surface area contributed by atoms with Crippen molar-refractivity contribution in [3.8, 4) is 0 Å². The summed E-state index contributed by atoms with van der Waals surface area (Å²) in [5.41, 5.74) is 2.43. The second-order valence-corrected chi connectivity index (χ2v) is 4.26. The highest BCUT2D eigenvalue weighted by atomic mass is 32.2. The Balaban J connectivity index is 2.95. The van der Waals surface area contributed by atoms with Crippen LogP contribution in [0.25, 0.3) is 0 Å². The topological polar surface area (TPSA) is 3.24 Å². The summed E-state index contributed by atoms with van der Waals surface area (Å²) >= 11 is 6.80. The van der Waals surface area contributed by atoms with Crippen LogP contribution in [-0.4, -0.2) is 17.6 Å². The molecular weight excluding hydrogens is 198 g/mol. The van der Waals surface area contributed by atoms with Crippen molar-refractivity contribution in [3.63, 3.8) is 0 Å². The summed E-state index contributed by atoms with van der Waals surface area (Å²) in [6.07, 6.45) is 2.00. The Labute approximate surface area is 89.1 Å². The zero-order valence-electron chi connectivity index (χ0n) is 8.07. The molecular formula is C10H13NS2. The van der Waals surface area contributed by atoms with Gasteiger partial charge in [0.25, 0.3) is 0 Å². The minimum absolute atomic E-state index is 0.898. The van der Waals surface area contributed by atoms with E-state index in [1.165, 1.54) is 11.3 Å². The monoisotopic (exact) mass is 211 g/mol. The summed E-state index contributed by atoms with van der Waals surface area (Å²) in [7, 11) is 2.00. The van der Waals surface area contributed by atoms with Crippen molar-refractivity contribution < 1.29 is 0 Å². The first kappa shape index (κ1) is 10.5. The van der Waals surface area contributed by atoms with Gasteiger partial charge in [0.05, 0.1) is 0 Å². The molecule has 0 aromatic heterocycles. The molecule has 0 fully saturated rings. The molecule has 0 saturated heterocycles. The van der Waals surface area contributed by atoms with E-state index in [2.05, 4.69) is 19.1 Å². The van der Waals surface area contributed by atoms with E-state index in [9.17, 15) is 0 Å². The molecule has 1 nitrogen and oxygen atoms in total. The standard InChI is InChI=1S/C10H13NS2/c1-8-6-4-5-7-9(8)11(2)10(12)13-3/h4-7H,1-3H3. The van der Waals surface area contributed by atoms with Crippen LogP contribution in [0.4, 0.5) is 5.69 Å². The van der Waals surface area contributed by atoms with E-state index in [0.29, 0.717) is 0 Å². The lowest BCUT2D eigenvalue weighted by Crippen LogP contribution is -2.21. The van der Waals surface area contributed by atoms with Gasteiger partial charge in [-0.05, 0) is 24.8 Å². The van der Waals surface area contributed by atoms with E-state index in [-0.39, 0.29) is 0 Å². The van der Waals surface area contributed by atoms with Crippen molar-refractivity contribution in [2.24, 2.45) is 0 Å². The summed E-state index contributed by atoms with van der Waals surface area (Å²) in [4.78, 5) is 2.04. The largest absolute Gasteiger partial charge is 0.330 e. The molecule has 0 heterocycles. The zero-order valence-corrected chi connectivity index (χ0v) is 9.71. The Bertz CT molecular complexity index is 310. The van der Waals surface area contributed by atoms with Crippen LogP contribution in [0.3, 0.4) is 0 Å². The van der Waals surface area contributed by atoms with Crippen LogP contribution in [-0.2, 0) is 0 Å². The van der Waals surface area contributed by atoms with Crippen LogP contribution >= 0.6 is 24.0 Å². The number of para-hydroxylation sites is 1. The Morgan fingerprint density at radius 3 is 2.54 bits per heavy atom. The Kier molecular flexibility index (Phi) is 3.75. The molecule has 0 atom stereocenters. The van der Waals surface area contributed by atoms with Gasteiger partial charge in [-0.1, -0.05) is 30.4 Å². The predicted molar refractivity (Wildman–Crippen MR) is 65.7 cm³/mol. The fraction of sp³-hybridized carbons (Fsp3) is 0.300. The highest BCUT2D eigenvalue weighted by molar-refractivity contribution is 8.22. The fourth-order valence-electron chi connectivity index (χ4n) is 1.18. The van der Waals surface area contributed by atoms with Crippen LogP contribution in [0, 0.1) is 6.92 Å². The lowest BCUT2D eigenvalue weighted by atomic mass is 10.2. The smallest absolute Gasteiger partial charge is 0.140 e. The summed E-state index contributed by atoms with van der Waals surface area (Å²) in [5.74, 6) is 0. The van der Waals surface area contributed by atoms with E-state index in [0.717, 1.165) is 4.32 Å². The van der Waals surface area contributed by atoms with Crippen LogP contribution in [0.5, 0.6) is 0 Å². The molecule has 0 saturated carbocycles. The van der Waals surface area contributed by atoms with Crippen molar-refractivity contribution in [3.05, 3.63) is 29.8 Å². The summed E-state index contributed by atoms with van der Waals surface area (Å²) in [6.45, 7) is 2.09. The maximum absolute atomic E-state index is 5.21. The van der Waals surface area contributed by atoms with Crippen LogP contribution in [0.2, 0.25) is 0 Å². The van der Waals surface area contributed by atoms with Crippen LogP contribution < -0.4 is 4.90 Å². The zero-order chi connectivity index (χ0) is 9.84. The van der Waals surface area contributed by atoms with Gasteiger partial charge in [-0.15, -0.1) is 11.8 Å². The second-order valence-electron chi connectivity index (χ2n) is 2.82. The van der Waals surface area contributed by atoms with Crippen LogP contribution in [0.1, 0.15) is 5.56 Å². The first-order valence-corrected chi connectivity index (χ1v) is 5.67. The molecule has 70 valence electrons. The number of thiocarbonyl (C=S) groups is 1. The molecule has 0 radical (unpaired) electrons. The molecule has 13 heavy (non-hydrogen) atoms. The minimum atomic E-state index is 0.898. The van der Waals surface area contributed by atoms with Gasteiger partial charge in [0.2, 0.25) is 0 Å². The summed E-state index contributed by atoms with van der Waals surface area (Å²) in [6, 6.07) is 8.24. The van der Waals surface area contributed by atoms with E-state index in [1.807, 2.05) is 30.3 Å². The van der Waals surface area contributed by atoms with Gasteiger partial charge >= 0.3 is 0 Å². The lowest BCUT2D eigenvalue weighted by molar-refractivity contribution is 1.27. The first-order chi connectivity index (χ1) is 6.16. The van der Waals surface area contributed by atoms with Gasteiger partial charge in [0.1, 0.15) is 4.32 Å². The molecule has 0 aliphatic heterocycles. The third kappa shape index (κ3) is 2.45. The average Bonchev–Trinajstić information content (AvgIpc) is 2.16. The number of thioether (sulfide) groups is 1. The number of hydrogen-bond donors (Lipinski definition) is 0. The summed E-state index contributed by atoms with van der Waals surface area (Å²) in [5, 5.41) is 0. The molecule has 1 aromatic carbocycles. The number of aryl methyl sites for hydroxylation is 1. The molecule has 1 aromatic rings. The van der Waals surface area contributed by atoms with Gasteiger partial charge in [-0.3, -0.25) is 0 Å². The lowest BCUT2D eigenvalue weighted by Gasteiger charge is -2.20. The van der Waals surface area contributed by atoms with Gasteiger partial charge in [0, 0.05) is 12.7 Å². The second kappa shape index (κ2) is 4.63. The molecule has 0 amide bonds. The normalized spacial score (nSPS) is 9.77. The number of nitrogens with zero attached hydrogens (tertiary/aromatic N) is 1. The fourth-order valence-corrected chi connectivity index (χ4v) is 1.65. The van der Waals surface area contributed by atoms with E-state index in [4.69, 9.17) is 12.2 Å². The molecule has 3 heteroatoms. The Hall–Kier alpha value is -0.540. The minimum Gasteiger partial charge on any atom is -0.330 e. The van der Waals surface area contributed by atoms with Gasteiger partial charge in [-0.25, -0.2) is 0 Å². The van der Waals surface area contributed by atoms with Gasteiger partial charge < -0.3 is 4.90 Å². The number of hydrogen-bond acceptors (Lipinski definition) is 2. The number of rotatable bonds is 1. The Morgan fingerprint density at radius 2 is 2.00 bits per heavy atom. The van der Waals surface area contributed by atoms with Crippen LogP contribution in [0.15, 0.2) is 24.3 Å². The van der Waals surface area contributed by atoms with E-state index in [1.54, 1.807) is 11.8 Å². The first-order valence-electron chi connectivity index (χ1n) is 4.04. The summed E-state index contributed by atoms with van der Waals surface area (Å²) < 4.78 is 0.898. The molecule has 0 spiro atoms. The molecule has 0 aliphatic carbocycles. The maximum Gasteiger partial charge on any atom is 0.140 e. The predicted octanol–water partition coefficient (Wildman–Crippen LogP) is 3.08. The average molecular weight is 211 g/mol. The Morgan fingerprint density at radius 1 is 1.38 bits per heavy atom. The molecule has 0 bridgehead atoms. The molecule has 0 unspecified atom stereocenters. The highest BCUT2D eigenvalue weighted by Gasteiger charge is 2.06. The van der Waals surface area contributed by atoms with E-state index >= 15 is 0 Å². The van der Waals surface area contributed by atoms with Gasteiger partial charge in [-0.2, -0.15) is 0 Å². The van der Waals surface area contributed by atoms with Crippen molar-refractivity contribution in [2.75, 3.05) is 18.2 Å². The number of anilines is 1. The molecule has 1 rings (SSSR count). The molecule has 0 aliphatic rings. The van der Waals surface area contributed by atoms with Crippen molar-refractivity contribution in [1.82, 2.24) is 0 Å². The number of benzene rings is 1. The molecule has 0 N–H and O–H groups in total. The van der Waals surface area contributed by atoms with E-state index < -0.39 is 0 Å². The third-order valence-corrected chi connectivity index (χ3v) is 3.32. The van der Waals surface area contributed by atoms with Crippen molar-refractivity contribution in [2.45, 2.75) is 6.92 Å². The quantitative estimate of drug-likeness (QED) is 0.657. The third-order valence-electron chi connectivity index (χ3n) is 1.93. The SMILES string of the molecule is CSC(=S)N(C)c1ccccc1C. The maximum atomic E-state index is 5.21. The highest BCUT2D eigenvalue weighted by Crippen LogP contribution is 2.20.